The molecular formula is C22H23N4S+. The highest BCUT2D eigenvalue weighted by Gasteiger charge is 2.24. The number of benzene rings is 2. The Kier molecular flexibility index (Phi) is 4.40. The molecule has 1 N–H and O–H groups in total. The predicted molar refractivity (Wildman–Crippen MR) is 112 cm³/mol. The molecule has 4 aromatic rings. The Balaban J connectivity index is 1.37. The SMILES string of the molecule is c1ccc(-c2nc3sccn3c2C[NH+]2CCN(c3ccccc3)CC2)cc1. The summed E-state index contributed by atoms with van der Waals surface area (Å²) in [5.74, 6) is 0. The first kappa shape index (κ1) is 16.5. The summed E-state index contributed by atoms with van der Waals surface area (Å²) >= 11 is 1.71. The van der Waals surface area contributed by atoms with Crippen LogP contribution in [0.4, 0.5) is 5.69 Å². The van der Waals surface area contributed by atoms with Crippen LogP contribution < -0.4 is 9.80 Å². The van der Waals surface area contributed by atoms with Crippen molar-refractivity contribution in [2.45, 2.75) is 6.54 Å². The molecule has 0 bridgehead atoms. The molecule has 0 radical (unpaired) electrons. The minimum atomic E-state index is 1.02. The molecule has 1 saturated heterocycles. The highest BCUT2D eigenvalue weighted by Crippen LogP contribution is 2.26. The van der Waals surface area contributed by atoms with Crippen molar-refractivity contribution in [2.24, 2.45) is 0 Å². The fraction of sp³-hybridized carbons (Fsp3) is 0.227. The summed E-state index contributed by atoms with van der Waals surface area (Å²) in [5, 5.41) is 2.13. The Labute approximate surface area is 163 Å². The number of hydrogen-bond acceptors (Lipinski definition) is 3. The van der Waals surface area contributed by atoms with Gasteiger partial charge in [0, 0.05) is 22.8 Å². The molecule has 2 aromatic carbocycles. The number of anilines is 1. The number of para-hydroxylation sites is 1. The van der Waals surface area contributed by atoms with Crippen LogP contribution >= 0.6 is 11.3 Å². The summed E-state index contributed by atoms with van der Waals surface area (Å²) in [6.07, 6.45) is 2.16. The van der Waals surface area contributed by atoms with Crippen molar-refractivity contribution in [3.63, 3.8) is 0 Å². The highest BCUT2D eigenvalue weighted by molar-refractivity contribution is 7.15. The summed E-state index contributed by atoms with van der Waals surface area (Å²) < 4.78 is 2.28. The van der Waals surface area contributed by atoms with Crippen molar-refractivity contribution in [1.82, 2.24) is 9.38 Å². The van der Waals surface area contributed by atoms with Crippen molar-refractivity contribution in [1.29, 1.82) is 0 Å². The van der Waals surface area contributed by atoms with Gasteiger partial charge in [0.05, 0.1) is 31.9 Å². The molecule has 0 aliphatic carbocycles. The van der Waals surface area contributed by atoms with Gasteiger partial charge in [-0.3, -0.25) is 4.40 Å². The summed E-state index contributed by atoms with van der Waals surface area (Å²) in [4.78, 5) is 10.1. The summed E-state index contributed by atoms with van der Waals surface area (Å²) in [7, 11) is 0. The number of nitrogens with one attached hydrogen (secondary N) is 1. The molecule has 3 heterocycles. The van der Waals surface area contributed by atoms with Crippen molar-refractivity contribution in [2.75, 3.05) is 31.1 Å². The fourth-order valence-corrected chi connectivity index (χ4v) is 4.70. The van der Waals surface area contributed by atoms with Gasteiger partial charge in [0.15, 0.2) is 4.96 Å². The van der Waals surface area contributed by atoms with Crippen LogP contribution in [0.3, 0.4) is 0 Å². The second-order valence-electron chi connectivity index (χ2n) is 7.08. The number of imidazole rings is 1. The number of rotatable bonds is 4. The van der Waals surface area contributed by atoms with Crippen LogP contribution in [0.15, 0.2) is 72.2 Å². The molecule has 5 heteroatoms. The van der Waals surface area contributed by atoms with E-state index < -0.39 is 0 Å². The molecule has 1 fully saturated rings. The average Bonchev–Trinajstić information content (AvgIpc) is 3.33. The van der Waals surface area contributed by atoms with Crippen LogP contribution in [-0.2, 0) is 6.54 Å². The maximum absolute atomic E-state index is 4.93. The number of hydrogen-bond donors (Lipinski definition) is 1. The predicted octanol–water partition coefficient (Wildman–Crippen LogP) is 2.97. The Bertz CT molecular complexity index is 1010. The first-order valence-electron chi connectivity index (χ1n) is 9.52. The van der Waals surface area contributed by atoms with E-state index in [-0.39, 0.29) is 0 Å². The minimum Gasteiger partial charge on any atom is -0.360 e. The molecule has 136 valence electrons. The zero-order valence-corrected chi connectivity index (χ0v) is 16.0. The van der Waals surface area contributed by atoms with Gasteiger partial charge < -0.3 is 9.80 Å². The number of fused-ring (bicyclic) bond motifs is 1. The molecule has 27 heavy (non-hydrogen) atoms. The minimum absolute atomic E-state index is 1.02. The Morgan fingerprint density at radius 1 is 0.926 bits per heavy atom. The molecule has 0 atom stereocenters. The van der Waals surface area contributed by atoms with Crippen LogP contribution in [0.5, 0.6) is 0 Å². The van der Waals surface area contributed by atoms with E-state index in [4.69, 9.17) is 4.98 Å². The summed E-state index contributed by atoms with van der Waals surface area (Å²) in [6, 6.07) is 21.3. The second-order valence-corrected chi connectivity index (χ2v) is 7.95. The molecule has 1 aliphatic rings. The van der Waals surface area contributed by atoms with E-state index in [0.29, 0.717) is 0 Å². The smallest absolute Gasteiger partial charge is 0.194 e. The third-order valence-electron chi connectivity index (χ3n) is 5.42. The number of nitrogens with zero attached hydrogens (tertiary/aromatic N) is 3. The lowest BCUT2D eigenvalue weighted by Gasteiger charge is -2.33. The Hall–Kier alpha value is -2.63. The van der Waals surface area contributed by atoms with E-state index in [1.807, 2.05) is 0 Å². The van der Waals surface area contributed by atoms with Gasteiger partial charge in [0.25, 0.3) is 0 Å². The van der Waals surface area contributed by atoms with Gasteiger partial charge in [-0.15, -0.1) is 11.3 Å². The van der Waals surface area contributed by atoms with Crippen molar-refractivity contribution < 1.29 is 4.90 Å². The number of piperazine rings is 1. The van der Waals surface area contributed by atoms with Crippen LogP contribution in [0.1, 0.15) is 5.69 Å². The molecule has 0 amide bonds. The summed E-state index contributed by atoms with van der Waals surface area (Å²) in [5.41, 5.74) is 5.03. The van der Waals surface area contributed by atoms with Gasteiger partial charge in [0.1, 0.15) is 12.2 Å². The number of aromatic nitrogens is 2. The monoisotopic (exact) mass is 375 g/mol. The molecule has 4 nitrogen and oxygen atoms in total. The quantitative estimate of drug-likeness (QED) is 0.593. The normalized spacial score (nSPS) is 15.5. The number of quaternary nitrogens is 1. The zero-order valence-electron chi connectivity index (χ0n) is 15.2. The van der Waals surface area contributed by atoms with Crippen LogP contribution in [0.2, 0.25) is 0 Å². The maximum atomic E-state index is 4.93. The van der Waals surface area contributed by atoms with Gasteiger partial charge in [-0.1, -0.05) is 48.5 Å². The molecule has 2 aromatic heterocycles. The summed E-state index contributed by atoms with van der Waals surface area (Å²) in [6.45, 7) is 5.53. The Morgan fingerprint density at radius 3 is 2.37 bits per heavy atom. The van der Waals surface area contributed by atoms with Crippen LogP contribution in [-0.4, -0.2) is 35.6 Å². The third kappa shape index (κ3) is 3.24. The first-order chi connectivity index (χ1) is 13.4. The fourth-order valence-electron chi connectivity index (χ4n) is 3.96. The lowest BCUT2D eigenvalue weighted by atomic mass is 10.1. The van der Waals surface area contributed by atoms with E-state index in [2.05, 4.69) is 81.5 Å². The first-order valence-corrected chi connectivity index (χ1v) is 10.4. The molecule has 5 rings (SSSR count). The number of thiazole rings is 1. The van der Waals surface area contributed by atoms with Gasteiger partial charge in [0.2, 0.25) is 0 Å². The standard InChI is InChI=1S/C22H22N4S/c1-3-7-18(8-4-1)21-20(26-15-16-27-22(26)23-21)17-24-11-13-25(14-12-24)19-9-5-2-6-10-19/h1-10,15-16H,11-14,17H2/p+1. The molecular weight excluding hydrogens is 352 g/mol. The van der Waals surface area contributed by atoms with E-state index >= 15 is 0 Å². The van der Waals surface area contributed by atoms with Crippen molar-refractivity contribution >= 4 is 22.0 Å². The third-order valence-corrected chi connectivity index (χ3v) is 6.17. The van der Waals surface area contributed by atoms with E-state index in [0.717, 1.165) is 43.4 Å². The largest absolute Gasteiger partial charge is 0.360 e. The molecule has 1 aliphatic heterocycles. The Morgan fingerprint density at radius 2 is 1.63 bits per heavy atom. The topological polar surface area (TPSA) is 25.0 Å². The van der Waals surface area contributed by atoms with Crippen molar-refractivity contribution in [3.05, 3.63) is 77.9 Å². The maximum Gasteiger partial charge on any atom is 0.194 e. The molecule has 0 spiro atoms. The van der Waals surface area contributed by atoms with Crippen molar-refractivity contribution in [3.8, 4) is 11.3 Å². The lowest BCUT2D eigenvalue weighted by Crippen LogP contribution is -3.13. The highest BCUT2D eigenvalue weighted by atomic mass is 32.1. The zero-order chi connectivity index (χ0) is 18.1. The van der Waals surface area contributed by atoms with Gasteiger partial charge >= 0.3 is 0 Å². The van der Waals surface area contributed by atoms with Gasteiger partial charge in [-0.25, -0.2) is 4.98 Å². The van der Waals surface area contributed by atoms with E-state index in [9.17, 15) is 0 Å². The van der Waals surface area contributed by atoms with E-state index in [1.54, 1.807) is 16.2 Å². The van der Waals surface area contributed by atoms with Crippen LogP contribution in [0.25, 0.3) is 16.2 Å². The molecule has 0 saturated carbocycles. The van der Waals surface area contributed by atoms with Crippen LogP contribution in [0, 0.1) is 0 Å². The molecule has 0 unspecified atom stereocenters. The van der Waals surface area contributed by atoms with E-state index in [1.165, 1.54) is 16.9 Å². The van der Waals surface area contributed by atoms with Gasteiger partial charge in [-0.2, -0.15) is 0 Å². The lowest BCUT2D eigenvalue weighted by molar-refractivity contribution is -0.914. The average molecular weight is 376 g/mol. The second kappa shape index (κ2) is 7.18. The van der Waals surface area contributed by atoms with Gasteiger partial charge in [-0.05, 0) is 12.1 Å².